The molecule has 5 rings (SSSR count). The van der Waals surface area contributed by atoms with E-state index in [-0.39, 0.29) is 16.9 Å². The number of amides is 3. The third-order valence-corrected chi connectivity index (χ3v) is 8.93. The lowest BCUT2D eigenvalue weighted by molar-refractivity contribution is -0.116. The molecule has 0 aliphatic rings. The lowest BCUT2D eigenvalue weighted by Crippen LogP contribution is -2.30. The third-order valence-electron chi connectivity index (χ3n) is 7.57. The molecule has 0 spiro atoms. The quantitative estimate of drug-likeness (QED) is 0.0630. The SMILES string of the molecule is CCCCOc1ccc(NC(=O)C(CC)Sc2cccc(NC(=O)/C(=C\c3cccc4ccccc34)NC(=O)c3ccccc3)c2)cc1. The van der Waals surface area contributed by atoms with Crippen LogP contribution in [0.5, 0.6) is 5.75 Å². The summed E-state index contributed by atoms with van der Waals surface area (Å²) in [6, 6.07) is 37.2. The lowest BCUT2D eigenvalue weighted by atomic mass is 10.0. The molecule has 3 amide bonds. The Labute approximate surface area is 285 Å². The fraction of sp³-hybridized carbons (Fsp3) is 0.175. The van der Waals surface area contributed by atoms with Crippen LogP contribution in [0.1, 0.15) is 49.0 Å². The molecule has 0 saturated carbocycles. The van der Waals surface area contributed by atoms with Gasteiger partial charge in [0.2, 0.25) is 5.91 Å². The summed E-state index contributed by atoms with van der Waals surface area (Å²) in [4.78, 5) is 40.9. The maximum absolute atomic E-state index is 13.7. The number of ether oxygens (including phenoxy) is 1. The molecule has 48 heavy (non-hydrogen) atoms. The average Bonchev–Trinajstić information content (AvgIpc) is 3.11. The first-order valence-electron chi connectivity index (χ1n) is 16.1. The van der Waals surface area contributed by atoms with Crippen molar-refractivity contribution in [2.75, 3.05) is 17.2 Å². The van der Waals surface area contributed by atoms with Gasteiger partial charge in [0.1, 0.15) is 11.4 Å². The van der Waals surface area contributed by atoms with E-state index >= 15 is 0 Å². The molecule has 7 nitrogen and oxygen atoms in total. The van der Waals surface area contributed by atoms with Crippen molar-refractivity contribution in [2.45, 2.75) is 43.3 Å². The number of carbonyl (C=O) groups is 3. The van der Waals surface area contributed by atoms with Crippen LogP contribution in [0, 0.1) is 0 Å². The van der Waals surface area contributed by atoms with Crippen LogP contribution in [-0.2, 0) is 9.59 Å². The second-order valence-electron chi connectivity index (χ2n) is 11.2. The standard InChI is InChI=1S/C40H39N3O4S/c1-3-5-25-47-33-23-21-31(22-24-33)41-40(46)37(4-2)48-34-19-12-18-32(27-34)42-39(45)36(43-38(44)29-14-7-6-8-15-29)26-30-17-11-16-28-13-9-10-20-35(28)30/h6-24,26-27,37H,3-5,25H2,1-2H3,(H,41,46)(H,42,45)(H,43,44)/b36-26+. The van der Waals surface area contributed by atoms with E-state index in [1.807, 2.05) is 97.9 Å². The summed E-state index contributed by atoms with van der Waals surface area (Å²) in [7, 11) is 0. The zero-order chi connectivity index (χ0) is 33.7. The topological polar surface area (TPSA) is 96.5 Å². The minimum atomic E-state index is -0.471. The van der Waals surface area contributed by atoms with Crippen molar-refractivity contribution in [3.8, 4) is 5.75 Å². The van der Waals surface area contributed by atoms with Gasteiger partial charge >= 0.3 is 0 Å². The zero-order valence-corrected chi connectivity index (χ0v) is 27.9. The van der Waals surface area contributed by atoms with Crippen LogP contribution < -0.4 is 20.7 Å². The van der Waals surface area contributed by atoms with E-state index in [4.69, 9.17) is 4.74 Å². The summed E-state index contributed by atoms with van der Waals surface area (Å²) < 4.78 is 5.72. The van der Waals surface area contributed by atoms with Crippen LogP contribution >= 0.6 is 11.8 Å². The van der Waals surface area contributed by atoms with Crippen LogP contribution in [0.3, 0.4) is 0 Å². The van der Waals surface area contributed by atoms with Crippen molar-refractivity contribution in [3.05, 3.63) is 138 Å². The Morgan fingerprint density at radius 2 is 1.50 bits per heavy atom. The first-order valence-corrected chi connectivity index (χ1v) is 17.0. The maximum Gasteiger partial charge on any atom is 0.272 e. The average molecular weight is 658 g/mol. The number of unbranched alkanes of at least 4 members (excludes halogenated alkanes) is 1. The van der Waals surface area contributed by atoms with Gasteiger partial charge in [-0.2, -0.15) is 0 Å². The molecule has 0 heterocycles. The number of hydrogen-bond donors (Lipinski definition) is 3. The summed E-state index contributed by atoms with van der Waals surface area (Å²) in [5.74, 6) is -0.199. The minimum Gasteiger partial charge on any atom is -0.494 e. The summed E-state index contributed by atoms with van der Waals surface area (Å²) in [6.07, 6.45) is 4.36. The highest BCUT2D eigenvalue weighted by Crippen LogP contribution is 2.29. The molecule has 0 fully saturated rings. The fourth-order valence-corrected chi connectivity index (χ4v) is 6.01. The number of rotatable bonds is 14. The summed E-state index contributed by atoms with van der Waals surface area (Å²) in [6.45, 7) is 4.75. The summed E-state index contributed by atoms with van der Waals surface area (Å²) in [5.41, 5.74) is 2.58. The Balaban J connectivity index is 1.30. The van der Waals surface area contributed by atoms with E-state index in [1.54, 1.807) is 36.4 Å². The molecule has 8 heteroatoms. The van der Waals surface area contributed by atoms with Gasteiger partial charge in [-0.25, -0.2) is 0 Å². The van der Waals surface area contributed by atoms with E-state index in [1.165, 1.54) is 11.8 Å². The molecular formula is C40H39N3O4S. The van der Waals surface area contributed by atoms with Gasteiger partial charge in [0, 0.05) is 21.8 Å². The molecule has 1 atom stereocenters. The van der Waals surface area contributed by atoms with Crippen molar-refractivity contribution >= 4 is 57.7 Å². The van der Waals surface area contributed by atoms with Gasteiger partial charge in [-0.1, -0.05) is 87.0 Å². The number of fused-ring (bicyclic) bond motifs is 1. The van der Waals surface area contributed by atoms with Crippen molar-refractivity contribution in [1.82, 2.24) is 5.32 Å². The third kappa shape index (κ3) is 9.36. The van der Waals surface area contributed by atoms with E-state index in [0.717, 1.165) is 39.8 Å². The molecule has 0 aromatic heterocycles. The molecule has 5 aromatic carbocycles. The molecular weight excluding hydrogens is 619 g/mol. The van der Waals surface area contributed by atoms with E-state index in [9.17, 15) is 14.4 Å². The van der Waals surface area contributed by atoms with Crippen molar-refractivity contribution < 1.29 is 19.1 Å². The second-order valence-corrected chi connectivity index (χ2v) is 12.4. The van der Waals surface area contributed by atoms with E-state index in [2.05, 4.69) is 22.9 Å². The van der Waals surface area contributed by atoms with Gasteiger partial charge in [-0.05, 0) is 89.9 Å². The first kappa shape index (κ1) is 34.0. The van der Waals surface area contributed by atoms with Crippen molar-refractivity contribution in [3.63, 3.8) is 0 Å². The van der Waals surface area contributed by atoms with Crippen LogP contribution in [-0.4, -0.2) is 29.6 Å². The number of hydrogen-bond acceptors (Lipinski definition) is 5. The van der Waals surface area contributed by atoms with Gasteiger partial charge in [-0.3, -0.25) is 14.4 Å². The van der Waals surface area contributed by atoms with Gasteiger partial charge in [0.05, 0.1) is 11.9 Å². The summed E-state index contributed by atoms with van der Waals surface area (Å²) in [5, 5.41) is 10.4. The largest absolute Gasteiger partial charge is 0.494 e. The Kier molecular flexibility index (Phi) is 12.0. The second kappa shape index (κ2) is 17.0. The normalized spacial score (nSPS) is 11.8. The van der Waals surface area contributed by atoms with Crippen molar-refractivity contribution in [1.29, 1.82) is 0 Å². The van der Waals surface area contributed by atoms with Crippen LogP contribution in [0.4, 0.5) is 11.4 Å². The molecule has 0 bridgehead atoms. The number of anilines is 2. The van der Waals surface area contributed by atoms with Gasteiger partial charge < -0.3 is 20.7 Å². The number of carbonyl (C=O) groups excluding carboxylic acids is 3. The smallest absolute Gasteiger partial charge is 0.272 e. The Morgan fingerprint density at radius 3 is 2.27 bits per heavy atom. The van der Waals surface area contributed by atoms with E-state index in [0.29, 0.717) is 30.0 Å². The van der Waals surface area contributed by atoms with Crippen molar-refractivity contribution in [2.24, 2.45) is 0 Å². The van der Waals surface area contributed by atoms with Crippen LogP contribution in [0.25, 0.3) is 16.8 Å². The summed E-state index contributed by atoms with van der Waals surface area (Å²) >= 11 is 1.42. The first-order chi connectivity index (χ1) is 23.4. The highest BCUT2D eigenvalue weighted by Gasteiger charge is 2.20. The molecule has 0 radical (unpaired) electrons. The number of thioether (sulfide) groups is 1. The van der Waals surface area contributed by atoms with Gasteiger partial charge in [-0.15, -0.1) is 11.8 Å². The number of nitrogens with one attached hydrogen (secondary N) is 3. The monoisotopic (exact) mass is 657 g/mol. The molecule has 1 unspecified atom stereocenters. The predicted octanol–water partition coefficient (Wildman–Crippen LogP) is 8.94. The van der Waals surface area contributed by atoms with Gasteiger partial charge in [0.25, 0.3) is 11.8 Å². The lowest BCUT2D eigenvalue weighted by Gasteiger charge is -2.16. The molecule has 244 valence electrons. The molecule has 0 aliphatic heterocycles. The highest BCUT2D eigenvalue weighted by atomic mass is 32.2. The molecule has 5 aromatic rings. The fourth-order valence-electron chi connectivity index (χ4n) is 5.00. The Bertz CT molecular complexity index is 1890. The molecule has 0 saturated heterocycles. The molecule has 0 aliphatic carbocycles. The van der Waals surface area contributed by atoms with Crippen LogP contribution in [0.2, 0.25) is 0 Å². The van der Waals surface area contributed by atoms with Gasteiger partial charge in [0.15, 0.2) is 0 Å². The highest BCUT2D eigenvalue weighted by molar-refractivity contribution is 8.00. The van der Waals surface area contributed by atoms with E-state index < -0.39 is 11.8 Å². The Hall–Kier alpha value is -5.34. The number of benzene rings is 5. The predicted molar refractivity (Wildman–Crippen MR) is 196 cm³/mol. The maximum atomic E-state index is 13.7. The Morgan fingerprint density at radius 1 is 0.771 bits per heavy atom. The van der Waals surface area contributed by atoms with Crippen LogP contribution in [0.15, 0.2) is 132 Å². The minimum absolute atomic E-state index is 0.103. The zero-order valence-electron chi connectivity index (χ0n) is 27.1. The molecule has 3 N–H and O–H groups in total.